The second-order valence-electron chi connectivity index (χ2n) is 3.92. The Morgan fingerprint density at radius 2 is 1.80 bits per heavy atom. The van der Waals surface area contributed by atoms with Crippen molar-refractivity contribution in [1.82, 2.24) is 0 Å². The fraction of sp³-hybridized carbons (Fsp3) is 0.133. The Hall–Kier alpha value is -0.910. The molecule has 0 heterocycles. The van der Waals surface area contributed by atoms with Crippen molar-refractivity contribution in [2.75, 3.05) is 5.75 Å². The van der Waals surface area contributed by atoms with Gasteiger partial charge < -0.3 is 5.11 Å². The van der Waals surface area contributed by atoms with E-state index in [0.717, 1.165) is 24.9 Å². The van der Waals surface area contributed by atoms with Crippen molar-refractivity contribution in [2.45, 2.75) is 21.6 Å². The highest BCUT2D eigenvalue weighted by atomic mass is 79.9. The molecule has 2 rings (SSSR count). The molecule has 2 nitrogen and oxygen atoms in total. The third-order valence-electron chi connectivity index (χ3n) is 2.54. The molecule has 0 radical (unpaired) electrons. The molecule has 0 saturated carbocycles. The minimum Gasteiger partial charge on any atom is -0.478 e. The van der Waals surface area contributed by atoms with Crippen LogP contribution in [0.15, 0.2) is 61.6 Å². The van der Waals surface area contributed by atoms with Gasteiger partial charge in [0.05, 0.1) is 5.56 Å². The SMILES string of the molecule is CCSc1cccc(Sc2ccc(Br)cc2)c1C(=O)O. The Morgan fingerprint density at radius 3 is 2.40 bits per heavy atom. The fourth-order valence-electron chi connectivity index (χ4n) is 1.71. The first kappa shape index (κ1) is 15.5. The van der Waals surface area contributed by atoms with Crippen molar-refractivity contribution in [3.8, 4) is 0 Å². The van der Waals surface area contributed by atoms with Gasteiger partial charge in [0.15, 0.2) is 0 Å². The number of hydrogen-bond donors (Lipinski definition) is 1. The first-order chi connectivity index (χ1) is 9.61. The Bertz CT molecular complexity index is 612. The summed E-state index contributed by atoms with van der Waals surface area (Å²) in [4.78, 5) is 14.1. The van der Waals surface area contributed by atoms with Crippen LogP contribution in [0.25, 0.3) is 0 Å². The van der Waals surface area contributed by atoms with Gasteiger partial charge in [0.25, 0.3) is 0 Å². The second-order valence-corrected chi connectivity index (χ2v) is 7.26. The molecule has 0 aliphatic heterocycles. The van der Waals surface area contributed by atoms with E-state index in [1.807, 2.05) is 49.4 Å². The molecule has 1 N–H and O–H groups in total. The van der Waals surface area contributed by atoms with Gasteiger partial charge in [-0.1, -0.05) is 40.7 Å². The van der Waals surface area contributed by atoms with Crippen molar-refractivity contribution in [1.29, 1.82) is 0 Å². The van der Waals surface area contributed by atoms with Crippen molar-refractivity contribution >= 4 is 45.4 Å². The van der Waals surface area contributed by atoms with E-state index in [-0.39, 0.29) is 0 Å². The Labute approximate surface area is 135 Å². The predicted octanol–water partition coefficient (Wildman–Crippen LogP) is 5.41. The molecule has 0 unspecified atom stereocenters. The lowest BCUT2D eigenvalue weighted by Gasteiger charge is -2.10. The minimum atomic E-state index is -0.874. The maximum atomic E-state index is 11.5. The summed E-state index contributed by atoms with van der Waals surface area (Å²) >= 11 is 6.43. The molecule has 0 amide bonds. The van der Waals surface area contributed by atoms with Gasteiger partial charge in [0, 0.05) is 19.2 Å². The van der Waals surface area contributed by atoms with Crippen LogP contribution in [-0.4, -0.2) is 16.8 Å². The maximum Gasteiger partial charge on any atom is 0.337 e. The molecule has 0 saturated heterocycles. The van der Waals surface area contributed by atoms with Gasteiger partial charge in [-0.25, -0.2) is 4.79 Å². The largest absolute Gasteiger partial charge is 0.478 e. The molecule has 0 aliphatic rings. The molecule has 2 aromatic carbocycles. The zero-order chi connectivity index (χ0) is 14.5. The van der Waals surface area contributed by atoms with E-state index in [0.29, 0.717) is 5.56 Å². The van der Waals surface area contributed by atoms with Crippen LogP contribution in [0.2, 0.25) is 0 Å². The number of thioether (sulfide) groups is 1. The smallest absolute Gasteiger partial charge is 0.337 e. The lowest BCUT2D eigenvalue weighted by atomic mass is 10.2. The molecule has 20 heavy (non-hydrogen) atoms. The number of rotatable bonds is 5. The number of carbonyl (C=O) groups is 1. The highest BCUT2D eigenvalue weighted by molar-refractivity contribution is 9.10. The molecule has 0 spiro atoms. The minimum absolute atomic E-state index is 0.396. The second kappa shape index (κ2) is 7.20. The van der Waals surface area contributed by atoms with Gasteiger partial charge in [-0.3, -0.25) is 0 Å². The van der Waals surface area contributed by atoms with Gasteiger partial charge in [0.1, 0.15) is 0 Å². The average molecular weight is 369 g/mol. The molecular weight excluding hydrogens is 356 g/mol. The zero-order valence-electron chi connectivity index (χ0n) is 10.8. The van der Waals surface area contributed by atoms with Crippen molar-refractivity contribution < 1.29 is 9.90 Å². The fourth-order valence-corrected chi connectivity index (χ4v) is 3.84. The van der Waals surface area contributed by atoms with Crippen LogP contribution >= 0.6 is 39.5 Å². The topological polar surface area (TPSA) is 37.3 Å². The normalized spacial score (nSPS) is 10.5. The summed E-state index contributed by atoms with van der Waals surface area (Å²) < 4.78 is 1.01. The number of carboxylic acid groups (broad SMARTS) is 1. The third kappa shape index (κ3) is 3.81. The van der Waals surface area contributed by atoms with Crippen molar-refractivity contribution in [3.05, 3.63) is 52.5 Å². The van der Waals surface area contributed by atoms with E-state index in [9.17, 15) is 9.90 Å². The first-order valence-electron chi connectivity index (χ1n) is 6.04. The van der Waals surface area contributed by atoms with E-state index < -0.39 is 5.97 Å². The molecule has 0 atom stereocenters. The first-order valence-corrected chi connectivity index (χ1v) is 8.64. The Morgan fingerprint density at radius 1 is 1.15 bits per heavy atom. The monoisotopic (exact) mass is 368 g/mol. The average Bonchev–Trinajstić information content (AvgIpc) is 2.41. The lowest BCUT2D eigenvalue weighted by Crippen LogP contribution is -2.01. The van der Waals surface area contributed by atoms with Crippen LogP contribution in [-0.2, 0) is 0 Å². The number of carboxylic acids is 1. The van der Waals surface area contributed by atoms with Crippen LogP contribution < -0.4 is 0 Å². The highest BCUT2D eigenvalue weighted by Crippen LogP contribution is 2.35. The van der Waals surface area contributed by atoms with Crippen molar-refractivity contribution in [3.63, 3.8) is 0 Å². The van der Waals surface area contributed by atoms with E-state index >= 15 is 0 Å². The summed E-state index contributed by atoms with van der Waals surface area (Å²) in [6.45, 7) is 2.02. The van der Waals surface area contributed by atoms with Crippen LogP contribution in [0.4, 0.5) is 0 Å². The third-order valence-corrected chi connectivity index (χ3v) is 5.08. The molecule has 104 valence electrons. The number of benzene rings is 2. The van der Waals surface area contributed by atoms with Gasteiger partial charge >= 0.3 is 5.97 Å². The Kier molecular flexibility index (Phi) is 5.57. The zero-order valence-corrected chi connectivity index (χ0v) is 14.0. The summed E-state index contributed by atoms with van der Waals surface area (Å²) in [6.07, 6.45) is 0. The summed E-state index contributed by atoms with van der Waals surface area (Å²) in [6, 6.07) is 13.5. The predicted molar refractivity (Wildman–Crippen MR) is 88.1 cm³/mol. The molecular formula is C15H13BrO2S2. The molecule has 0 aliphatic carbocycles. The summed E-state index contributed by atoms with van der Waals surface area (Å²) in [5.74, 6) is -0.0201. The van der Waals surface area contributed by atoms with Gasteiger partial charge in [0.2, 0.25) is 0 Å². The summed E-state index contributed by atoms with van der Waals surface area (Å²) in [5, 5.41) is 9.46. The standard InChI is InChI=1S/C15H13BrO2S2/c1-2-19-12-4-3-5-13(14(12)15(17)18)20-11-8-6-10(16)7-9-11/h3-9H,2H2,1H3,(H,17,18). The Balaban J connectivity index is 2.37. The van der Waals surface area contributed by atoms with Gasteiger partial charge in [-0.05, 0) is 42.2 Å². The van der Waals surface area contributed by atoms with E-state index in [4.69, 9.17) is 0 Å². The van der Waals surface area contributed by atoms with Gasteiger partial charge in [-0.15, -0.1) is 11.8 Å². The van der Waals surface area contributed by atoms with Gasteiger partial charge in [-0.2, -0.15) is 0 Å². The van der Waals surface area contributed by atoms with E-state index in [1.165, 1.54) is 11.8 Å². The summed E-state index contributed by atoms with van der Waals surface area (Å²) in [5.41, 5.74) is 0.396. The highest BCUT2D eigenvalue weighted by Gasteiger charge is 2.16. The molecule has 2 aromatic rings. The van der Waals surface area contributed by atoms with Crippen LogP contribution in [0.3, 0.4) is 0 Å². The van der Waals surface area contributed by atoms with Crippen molar-refractivity contribution in [2.24, 2.45) is 0 Å². The number of hydrogen-bond acceptors (Lipinski definition) is 3. The van der Waals surface area contributed by atoms with E-state index in [2.05, 4.69) is 15.9 Å². The summed E-state index contributed by atoms with van der Waals surface area (Å²) in [7, 11) is 0. The quantitative estimate of drug-likeness (QED) is 0.715. The maximum absolute atomic E-state index is 11.5. The molecule has 5 heteroatoms. The molecule has 0 fully saturated rings. The van der Waals surface area contributed by atoms with E-state index in [1.54, 1.807) is 11.8 Å². The lowest BCUT2D eigenvalue weighted by molar-refractivity contribution is 0.0689. The molecule has 0 bridgehead atoms. The van der Waals surface area contributed by atoms with Crippen LogP contribution in [0.5, 0.6) is 0 Å². The number of aromatic carboxylic acids is 1. The van der Waals surface area contributed by atoms with Crippen LogP contribution in [0.1, 0.15) is 17.3 Å². The van der Waals surface area contributed by atoms with Crippen LogP contribution in [0, 0.1) is 0 Å². The molecule has 0 aromatic heterocycles. The number of halogens is 1.